The summed E-state index contributed by atoms with van der Waals surface area (Å²) >= 11 is 4.41. The van der Waals surface area contributed by atoms with Crippen molar-refractivity contribution in [1.29, 1.82) is 0 Å². The molecule has 14 heteroatoms. The van der Waals surface area contributed by atoms with Gasteiger partial charge in [-0.3, -0.25) is 0 Å². The molecule has 0 unspecified atom stereocenters. The summed E-state index contributed by atoms with van der Waals surface area (Å²) in [7, 11) is 0. The standard InChI is InChI=1S/2C11H13IN4O2/c2*12-7-3-16(6-1-11(18,2-6)4-17)10-8(7)9(13)14-5-15-10/h2*3,5-6,17-18H,1-2,4H2,(H2,13,14,15). The minimum atomic E-state index is -0.939. The average Bonchev–Trinajstić information content (AvgIpc) is 3.33. The van der Waals surface area contributed by atoms with E-state index in [0.29, 0.717) is 37.3 Å². The van der Waals surface area contributed by atoms with Gasteiger partial charge in [0.2, 0.25) is 0 Å². The first kappa shape index (κ1) is 25.8. The number of anilines is 2. The second-order valence-corrected chi connectivity index (χ2v) is 11.9. The Hall–Kier alpha value is -1.86. The molecule has 192 valence electrons. The number of fused-ring (bicyclic) bond motifs is 2. The Kier molecular flexibility index (Phi) is 6.78. The monoisotopic (exact) mass is 720 g/mol. The summed E-state index contributed by atoms with van der Waals surface area (Å²) in [5, 5.41) is 39.6. The second-order valence-electron chi connectivity index (χ2n) is 9.57. The summed E-state index contributed by atoms with van der Waals surface area (Å²) in [5.41, 5.74) is 11.4. The van der Waals surface area contributed by atoms with Crippen molar-refractivity contribution in [3.05, 3.63) is 32.2 Å². The lowest BCUT2D eigenvalue weighted by molar-refractivity contribution is -0.101. The van der Waals surface area contributed by atoms with Gasteiger partial charge in [0.1, 0.15) is 35.6 Å². The minimum absolute atomic E-state index is 0.155. The molecule has 0 atom stereocenters. The van der Waals surface area contributed by atoms with Gasteiger partial charge in [0, 0.05) is 31.6 Å². The van der Waals surface area contributed by atoms with Gasteiger partial charge in [-0.1, -0.05) is 0 Å². The van der Waals surface area contributed by atoms with Crippen LogP contribution in [0.4, 0.5) is 11.6 Å². The van der Waals surface area contributed by atoms with E-state index >= 15 is 0 Å². The highest BCUT2D eigenvalue weighted by molar-refractivity contribution is 14.1. The van der Waals surface area contributed by atoms with Crippen molar-refractivity contribution in [2.75, 3.05) is 24.7 Å². The van der Waals surface area contributed by atoms with E-state index in [9.17, 15) is 10.2 Å². The SMILES string of the molecule is Nc1ncnc2c1c(I)cn2C1CC(O)(CO)C1.Nc1ncnc2c1c(I)cn2C1CC(O)(CO)C1. The molecule has 36 heavy (non-hydrogen) atoms. The average molecular weight is 720 g/mol. The molecule has 0 bridgehead atoms. The van der Waals surface area contributed by atoms with Gasteiger partial charge in [0.05, 0.1) is 35.2 Å². The summed E-state index contributed by atoms with van der Waals surface area (Å²) < 4.78 is 6.03. The molecule has 8 N–H and O–H groups in total. The number of nitrogens with zero attached hydrogens (tertiary/aromatic N) is 6. The van der Waals surface area contributed by atoms with Gasteiger partial charge in [-0.05, 0) is 70.9 Å². The first-order valence-electron chi connectivity index (χ1n) is 11.3. The van der Waals surface area contributed by atoms with Gasteiger partial charge in [-0.15, -0.1) is 0 Å². The molecule has 12 nitrogen and oxygen atoms in total. The quantitative estimate of drug-likeness (QED) is 0.168. The van der Waals surface area contributed by atoms with Crippen molar-refractivity contribution < 1.29 is 20.4 Å². The van der Waals surface area contributed by atoms with Crippen LogP contribution in [-0.2, 0) is 0 Å². The third kappa shape index (κ3) is 4.40. The van der Waals surface area contributed by atoms with Crippen LogP contribution < -0.4 is 11.5 Å². The summed E-state index contributed by atoms with van der Waals surface area (Å²) in [6.07, 6.45) is 8.97. The molecular formula is C22H26I2N8O4. The maximum atomic E-state index is 9.86. The maximum Gasteiger partial charge on any atom is 0.146 e. The fourth-order valence-electron chi connectivity index (χ4n) is 4.97. The van der Waals surface area contributed by atoms with Crippen molar-refractivity contribution in [3.8, 4) is 0 Å². The van der Waals surface area contributed by atoms with Gasteiger partial charge in [0.15, 0.2) is 0 Å². The summed E-state index contributed by atoms with van der Waals surface area (Å²) in [4.78, 5) is 16.5. The Balaban J connectivity index is 0.000000148. The van der Waals surface area contributed by atoms with E-state index in [2.05, 4.69) is 65.1 Å². The third-order valence-corrected chi connectivity index (χ3v) is 8.66. The smallest absolute Gasteiger partial charge is 0.146 e. The zero-order valence-electron chi connectivity index (χ0n) is 19.1. The number of hydrogen-bond donors (Lipinski definition) is 6. The molecule has 4 heterocycles. The van der Waals surface area contributed by atoms with Crippen LogP contribution in [0.3, 0.4) is 0 Å². The number of halogens is 2. The van der Waals surface area contributed by atoms with E-state index in [4.69, 9.17) is 21.7 Å². The van der Waals surface area contributed by atoms with E-state index in [1.165, 1.54) is 12.7 Å². The van der Waals surface area contributed by atoms with Crippen LogP contribution >= 0.6 is 45.2 Å². The van der Waals surface area contributed by atoms with Crippen LogP contribution in [0, 0.1) is 7.14 Å². The third-order valence-electron chi connectivity index (χ3n) is 7.02. The van der Waals surface area contributed by atoms with Gasteiger partial charge < -0.3 is 41.0 Å². The first-order valence-corrected chi connectivity index (χ1v) is 13.4. The first-order chi connectivity index (χ1) is 17.1. The Morgan fingerprint density at radius 2 is 1.11 bits per heavy atom. The molecule has 2 aliphatic rings. The van der Waals surface area contributed by atoms with Crippen molar-refractivity contribution >= 4 is 78.9 Å². The Morgan fingerprint density at radius 3 is 1.44 bits per heavy atom. The molecule has 2 fully saturated rings. The van der Waals surface area contributed by atoms with Crippen molar-refractivity contribution in [2.24, 2.45) is 0 Å². The van der Waals surface area contributed by atoms with E-state index in [-0.39, 0.29) is 25.3 Å². The highest BCUT2D eigenvalue weighted by atomic mass is 127. The highest BCUT2D eigenvalue weighted by Crippen LogP contribution is 2.44. The van der Waals surface area contributed by atoms with Crippen LogP contribution in [0.15, 0.2) is 25.0 Å². The fraction of sp³-hybridized carbons (Fsp3) is 0.455. The highest BCUT2D eigenvalue weighted by Gasteiger charge is 2.44. The number of aromatic nitrogens is 6. The van der Waals surface area contributed by atoms with Crippen molar-refractivity contribution in [2.45, 2.75) is 49.0 Å². The van der Waals surface area contributed by atoms with E-state index in [1.807, 2.05) is 21.5 Å². The van der Waals surface area contributed by atoms with Crippen LogP contribution in [-0.4, -0.2) is 73.9 Å². The lowest BCUT2D eigenvalue weighted by Gasteiger charge is -2.43. The fourth-order valence-corrected chi connectivity index (χ4v) is 6.60. The normalized spacial score (nSPS) is 27.4. The summed E-state index contributed by atoms with van der Waals surface area (Å²) in [6.45, 7) is -0.395. The molecule has 0 aliphatic heterocycles. The van der Waals surface area contributed by atoms with Crippen LogP contribution in [0.1, 0.15) is 37.8 Å². The molecule has 0 aromatic carbocycles. The molecule has 0 saturated heterocycles. The van der Waals surface area contributed by atoms with Crippen LogP contribution in [0.2, 0.25) is 0 Å². The molecule has 4 aromatic heterocycles. The van der Waals surface area contributed by atoms with Gasteiger partial charge in [-0.25, -0.2) is 19.9 Å². The predicted molar refractivity (Wildman–Crippen MR) is 150 cm³/mol. The Bertz CT molecular complexity index is 1320. The van der Waals surface area contributed by atoms with Gasteiger partial charge in [-0.2, -0.15) is 0 Å². The number of hydrogen-bond acceptors (Lipinski definition) is 10. The molecule has 2 aliphatic carbocycles. The summed E-state index contributed by atoms with van der Waals surface area (Å²) in [5.74, 6) is 0.944. The van der Waals surface area contributed by atoms with Gasteiger partial charge >= 0.3 is 0 Å². The van der Waals surface area contributed by atoms with Gasteiger partial charge in [0.25, 0.3) is 0 Å². The number of rotatable bonds is 4. The molecule has 0 amide bonds. The summed E-state index contributed by atoms with van der Waals surface area (Å²) in [6, 6.07) is 0.310. The lowest BCUT2D eigenvalue weighted by Crippen LogP contribution is -2.47. The minimum Gasteiger partial charge on any atom is -0.393 e. The Labute approximate surface area is 233 Å². The number of aliphatic hydroxyl groups is 4. The maximum absolute atomic E-state index is 9.86. The zero-order valence-corrected chi connectivity index (χ0v) is 23.4. The van der Waals surface area contributed by atoms with Crippen molar-refractivity contribution in [3.63, 3.8) is 0 Å². The van der Waals surface area contributed by atoms with E-state index < -0.39 is 11.2 Å². The predicted octanol–water partition coefficient (Wildman–Crippen LogP) is 1.35. The number of nitrogen functional groups attached to an aromatic ring is 2. The topological polar surface area (TPSA) is 194 Å². The largest absolute Gasteiger partial charge is 0.393 e. The Morgan fingerprint density at radius 1 is 0.750 bits per heavy atom. The van der Waals surface area contributed by atoms with E-state index in [1.54, 1.807) is 0 Å². The molecule has 2 saturated carbocycles. The zero-order chi connectivity index (χ0) is 25.8. The second kappa shape index (κ2) is 9.46. The molecule has 6 rings (SSSR count). The number of aliphatic hydroxyl groups excluding tert-OH is 2. The van der Waals surface area contributed by atoms with Crippen LogP contribution in [0.25, 0.3) is 22.1 Å². The van der Waals surface area contributed by atoms with Crippen LogP contribution in [0.5, 0.6) is 0 Å². The molecule has 0 radical (unpaired) electrons. The lowest BCUT2D eigenvalue weighted by atomic mass is 9.76. The van der Waals surface area contributed by atoms with Crippen molar-refractivity contribution in [1.82, 2.24) is 29.1 Å². The molecule has 0 spiro atoms. The number of nitrogens with two attached hydrogens (primary N) is 2. The van der Waals surface area contributed by atoms with E-state index in [0.717, 1.165) is 29.2 Å². The molecule has 4 aromatic rings. The molecular weight excluding hydrogens is 694 g/mol.